The van der Waals surface area contributed by atoms with E-state index in [2.05, 4.69) is 15.2 Å². The monoisotopic (exact) mass is 473 g/mol. The Hall–Kier alpha value is -3.48. The first-order valence-corrected chi connectivity index (χ1v) is 9.69. The molecule has 2 N–H and O–H groups in total. The number of nitrogens with one attached hydrogen (secondary N) is 2. The fourth-order valence-electron chi connectivity index (χ4n) is 2.68. The fraction of sp³-hybridized carbons (Fsp3) is 0.263. The van der Waals surface area contributed by atoms with Crippen LogP contribution in [0.3, 0.4) is 0 Å². The molecule has 2 aromatic carbocycles. The van der Waals surface area contributed by atoms with E-state index in [-0.39, 0.29) is 22.5 Å². The zero-order chi connectivity index (χ0) is 23.3. The summed E-state index contributed by atoms with van der Waals surface area (Å²) in [6, 6.07) is 6.80. The number of hydrogen-bond acceptors (Lipinski definition) is 8. The molecule has 9 nitrogen and oxygen atoms in total. The molecule has 0 radical (unpaired) electrons. The lowest BCUT2D eigenvalue weighted by atomic mass is 10.2. The predicted octanol–water partition coefficient (Wildman–Crippen LogP) is 4.62. The fourth-order valence-corrected chi connectivity index (χ4v) is 3.27. The lowest BCUT2D eigenvalue weighted by Crippen LogP contribution is -2.23. The number of ether oxygens (including phenoxy) is 4. The van der Waals surface area contributed by atoms with Crippen LogP contribution in [0, 0.1) is 0 Å². The molecule has 0 saturated carbocycles. The molecule has 0 aliphatic heterocycles. The number of nitrogens with zero attached hydrogens (tertiary/aromatic N) is 1. The minimum absolute atomic E-state index is 0.0965. The van der Waals surface area contributed by atoms with Crippen molar-refractivity contribution in [1.29, 1.82) is 0 Å². The molecule has 0 atom stereocenters. The van der Waals surface area contributed by atoms with Gasteiger partial charge in [0.15, 0.2) is 29.5 Å². The molecule has 2 amide bonds. The topological polar surface area (TPSA) is 104 Å². The van der Waals surface area contributed by atoms with E-state index in [0.29, 0.717) is 22.1 Å². The zero-order valence-electron chi connectivity index (χ0n) is 17.0. The molecule has 172 valence electrons. The van der Waals surface area contributed by atoms with Crippen LogP contribution in [-0.2, 0) is 0 Å². The third-order valence-electron chi connectivity index (χ3n) is 3.98. The molecule has 0 aliphatic carbocycles. The van der Waals surface area contributed by atoms with Crippen molar-refractivity contribution in [2.24, 2.45) is 0 Å². The van der Waals surface area contributed by atoms with Gasteiger partial charge in [-0.1, -0.05) is 11.2 Å². The van der Waals surface area contributed by atoms with Crippen LogP contribution in [0.15, 0.2) is 39.8 Å². The van der Waals surface area contributed by atoms with Crippen LogP contribution in [0.2, 0.25) is 0 Å². The predicted molar refractivity (Wildman–Crippen MR) is 110 cm³/mol. The van der Waals surface area contributed by atoms with Gasteiger partial charge in [-0.15, -0.1) is 0 Å². The van der Waals surface area contributed by atoms with Crippen LogP contribution in [0.1, 0.15) is 0 Å². The van der Waals surface area contributed by atoms with E-state index in [4.69, 9.17) is 23.5 Å². The summed E-state index contributed by atoms with van der Waals surface area (Å²) in [7, 11) is 4.38. The Balaban J connectivity index is 1.73. The number of halogens is 3. The molecule has 32 heavy (non-hydrogen) atoms. The lowest BCUT2D eigenvalue weighted by Gasteiger charge is -2.14. The zero-order valence-corrected chi connectivity index (χ0v) is 17.8. The van der Waals surface area contributed by atoms with Crippen molar-refractivity contribution in [1.82, 2.24) is 9.88 Å². The van der Waals surface area contributed by atoms with Gasteiger partial charge in [0, 0.05) is 4.90 Å². The van der Waals surface area contributed by atoms with Gasteiger partial charge in [-0.2, -0.15) is 13.2 Å². The summed E-state index contributed by atoms with van der Waals surface area (Å²) in [5.41, 5.74) is 0.150. The van der Waals surface area contributed by atoms with E-state index in [1.54, 1.807) is 12.1 Å². The van der Waals surface area contributed by atoms with Crippen molar-refractivity contribution in [3.8, 4) is 23.0 Å². The van der Waals surface area contributed by atoms with Gasteiger partial charge in [-0.05, 0) is 36.2 Å². The van der Waals surface area contributed by atoms with Crippen molar-refractivity contribution in [2.75, 3.05) is 33.3 Å². The molecular formula is C19H18F3N3O6S. The molecule has 0 aliphatic rings. The summed E-state index contributed by atoms with van der Waals surface area (Å²) in [5, 5.41) is 6.23. The molecule has 1 heterocycles. The number of amides is 2. The largest absolute Gasteiger partial charge is 0.493 e. The third-order valence-corrected chi connectivity index (χ3v) is 4.74. The maximum Gasteiger partial charge on any atom is 0.422 e. The van der Waals surface area contributed by atoms with Gasteiger partial charge < -0.3 is 23.5 Å². The lowest BCUT2D eigenvalue weighted by molar-refractivity contribution is -0.153. The van der Waals surface area contributed by atoms with Crippen LogP contribution in [0.25, 0.3) is 11.0 Å². The number of urea groups is 1. The summed E-state index contributed by atoms with van der Waals surface area (Å²) in [5.74, 6) is 0.953. The van der Waals surface area contributed by atoms with E-state index < -0.39 is 18.8 Å². The molecule has 0 unspecified atom stereocenters. The maximum atomic E-state index is 12.5. The number of fused-ring (bicyclic) bond motifs is 1. The molecule has 13 heteroatoms. The van der Waals surface area contributed by atoms with Gasteiger partial charge in [-0.3, -0.25) is 10.0 Å². The van der Waals surface area contributed by atoms with Crippen molar-refractivity contribution >= 4 is 34.8 Å². The number of hydrogen-bond donors (Lipinski definition) is 2. The van der Waals surface area contributed by atoms with Crippen LogP contribution in [0.4, 0.5) is 23.8 Å². The Morgan fingerprint density at radius 1 is 1.09 bits per heavy atom. The second-order valence-electron chi connectivity index (χ2n) is 6.08. The van der Waals surface area contributed by atoms with E-state index in [9.17, 15) is 18.0 Å². The number of carbonyl (C=O) groups is 1. The third kappa shape index (κ3) is 5.41. The summed E-state index contributed by atoms with van der Waals surface area (Å²) < 4.78 is 65.7. The normalized spacial score (nSPS) is 11.2. The summed E-state index contributed by atoms with van der Waals surface area (Å²) >= 11 is 0.936. The molecule has 0 bridgehead atoms. The second-order valence-corrected chi connectivity index (χ2v) is 6.96. The second kappa shape index (κ2) is 9.77. The first-order chi connectivity index (χ1) is 15.3. The van der Waals surface area contributed by atoms with Gasteiger partial charge in [0.25, 0.3) is 0 Å². The molecule has 3 rings (SSSR count). The van der Waals surface area contributed by atoms with Crippen LogP contribution in [0.5, 0.6) is 23.0 Å². The Morgan fingerprint density at radius 3 is 2.38 bits per heavy atom. The average molecular weight is 473 g/mol. The van der Waals surface area contributed by atoms with Gasteiger partial charge in [0.05, 0.1) is 21.3 Å². The number of carbonyl (C=O) groups excluding carboxylic acids is 1. The molecule has 0 saturated heterocycles. The van der Waals surface area contributed by atoms with Crippen LogP contribution < -0.4 is 29.0 Å². The Bertz CT molecular complexity index is 1080. The highest BCUT2D eigenvalue weighted by Gasteiger charge is 2.29. The Morgan fingerprint density at radius 2 is 1.78 bits per heavy atom. The number of rotatable bonds is 8. The van der Waals surface area contributed by atoms with E-state index in [1.807, 2.05) is 0 Å². The number of anilines is 1. The minimum Gasteiger partial charge on any atom is -0.493 e. The first-order valence-electron chi connectivity index (χ1n) is 8.87. The molecule has 0 spiro atoms. The standard InChI is InChI=1S/C19H18F3N3O6S/c1-27-13-7-10(8-14(28-2)16(13)29-3)32-25-18(26)23-17-15-11(30-9-19(20,21)22)5-4-6-12(15)31-24-17/h4-8H,9H2,1-3H3,(H2,23,24,25,26). The van der Waals surface area contributed by atoms with Gasteiger partial charge in [0.2, 0.25) is 5.75 Å². The van der Waals surface area contributed by atoms with Crippen molar-refractivity contribution in [3.05, 3.63) is 30.3 Å². The highest BCUT2D eigenvalue weighted by atomic mass is 32.2. The quantitative estimate of drug-likeness (QED) is 0.457. The van der Waals surface area contributed by atoms with Gasteiger partial charge in [-0.25, -0.2) is 4.79 Å². The number of aromatic nitrogens is 1. The molecule has 0 fully saturated rings. The van der Waals surface area contributed by atoms with Gasteiger partial charge >= 0.3 is 12.2 Å². The summed E-state index contributed by atoms with van der Waals surface area (Å²) in [6.45, 7) is -1.50. The molecule has 1 aromatic heterocycles. The maximum absolute atomic E-state index is 12.5. The minimum atomic E-state index is -4.53. The van der Waals surface area contributed by atoms with E-state index in [0.717, 1.165) is 11.9 Å². The summed E-state index contributed by atoms with van der Waals surface area (Å²) in [4.78, 5) is 12.9. The summed E-state index contributed by atoms with van der Waals surface area (Å²) in [6.07, 6.45) is -4.53. The van der Waals surface area contributed by atoms with Crippen molar-refractivity contribution in [2.45, 2.75) is 11.1 Å². The highest BCUT2D eigenvalue weighted by Crippen LogP contribution is 2.40. The Labute approximate surface area is 184 Å². The number of methoxy groups -OCH3 is 3. The first kappa shape index (κ1) is 23.2. The van der Waals surface area contributed by atoms with E-state index in [1.165, 1.54) is 39.5 Å². The van der Waals surface area contributed by atoms with Crippen molar-refractivity contribution < 1.29 is 41.4 Å². The number of alkyl halides is 3. The number of benzene rings is 2. The van der Waals surface area contributed by atoms with Crippen LogP contribution >= 0.6 is 11.9 Å². The smallest absolute Gasteiger partial charge is 0.422 e. The van der Waals surface area contributed by atoms with E-state index >= 15 is 0 Å². The van der Waals surface area contributed by atoms with Gasteiger partial charge in [0.1, 0.15) is 11.1 Å². The average Bonchev–Trinajstić information content (AvgIpc) is 3.18. The Kier molecular flexibility index (Phi) is 7.08. The van der Waals surface area contributed by atoms with Crippen LogP contribution in [-0.4, -0.2) is 45.3 Å². The SMILES string of the molecule is COc1cc(SNC(=O)Nc2noc3cccc(OCC(F)(F)F)c23)cc(OC)c1OC. The van der Waals surface area contributed by atoms with Crippen molar-refractivity contribution in [3.63, 3.8) is 0 Å². The highest BCUT2D eigenvalue weighted by molar-refractivity contribution is 7.98. The molecule has 3 aromatic rings. The molecular weight excluding hydrogens is 455 g/mol.